The zero-order chi connectivity index (χ0) is 13.0. The maximum Gasteiger partial charge on any atom is 0.251 e. The van der Waals surface area contributed by atoms with Crippen LogP contribution in [0.2, 0.25) is 0 Å². The topological polar surface area (TPSA) is 38.5 Å². The van der Waals surface area contributed by atoms with Gasteiger partial charge in [0.1, 0.15) is 0 Å². The Kier molecular flexibility index (Phi) is 5.24. The van der Waals surface area contributed by atoms with E-state index in [9.17, 15) is 8.78 Å². The summed E-state index contributed by atoms with van der Waals surface area (Å²) in [6.45, 7) is 1.52. The fourth-order valence-corrected chi connectivity index (χ4v) is 4.32. The van der Waals surface area contributed by atoms with Crippen molar-refractivity contribution in [1.82, 2.24) is 4.90 Å². The molecule has 0 aromatic rings. The van der Waals surface area contributed by atoms with Crippen molar-refractivity contribution in [1.29, 1.82) is 0 Å². The third-order valence-electron chi connectivity index (χ3n) is 3.84. The Morgan fingerprint density at radius 2 is 2.33 bits per heavy atom. The van der Waals surface area contributed by atoms with Crippen molar-refractivity contribution >= 4 is 11.8 Å². The van der Waals surface area contributed by atoms with Crippen LogP contribution in [0.5, 0.6) is 0 Å². The molecule has 3 nitrogen and oxygen atoms in total. The number of ether oxygens (including phenoxy) is 1. The third-order valence-corrected chi connectivity index (χ3v) is 5.06. The Morgan fingerprint density at radius 1 is 1.50 bits per heavy atom. The third kappa shape index (κ3) is 3.56. The van der Waals surface area contributed by atoms with Gasteiger partial charge in [-0.05, 0) is 25.0 Å². The van der Waals surface area contributed by atoms with E-state index >= 15 is 0 Å². The van der Waals surface area contributed by atoms with Gasteiger partial charge in [-0.3, -0.25) is 4.90 Å². The molecule has 2 saturated heterocycles. The zero-order valence-electron chi connectivity index (χ0n) is 10.6. The smallest absolute Gasteiger partial charge is 0.251 e. The van der Waals surface area contributed by atoms with Crippen LogP contribution in [0.1, 0.15) is 19.3 Å². The molecule has 2 aliphatic rings. The molecule has 0 aliphatic carbocycles. The van der Waals surface area contributed by atoms with E-state index in [-0.39, 0.29) is 18.2 Å². The van der Waals surface area contributed by atoms with Crippen molar-refractivity contribution in [3.8, 4) is 0 Å². The molecular formula is C12H22F2N2OS. The SMILES string of the molecule is NCCN(CC(F)F)C1CCOC2(CCSC2)C1. The molecule has 6 heteroatoms. The number of hydrogen-bond acceptors (Lipinski definition) is 4. The molecule has 2 aliphatic heterocycles. The predicted molar refractivity (Wildman–Crippen MR) is 70.3 cm³/mol. The van der Waals surface area contributed by atoms with Crippen LogP contribution in [0.4, 0.5) is 8.78 Å². The van der Waals surface area contributed by atoms with E-state index in [0.717, 1.165) is 30.8 Å². The van der Waals surface area contributed by atoms with E-state index in [0.29, 0.717) is 19.7 Å². The second kappa shape index (κ2) is 6.50. The summed E-state index contributed by atoms with van der Waals surface area (Å²) in [7, 11) is 0. The monoisotopic (exact) mass is 280 g/mol. The molecule has 0 aromatic carbocycles. The molecule has 18 heavy (non-hydrogen) atoms. The van der Waals surface area contributed by atoms with Crippen LogP contribution in [0.15, 0.2) is 0 Å². The minimum absolute atomic E-state index is 0.0530. The maximum absolute atomic E-state index is 12.6. The van der Waals surface area contributed by atoms with Crippen LogP contribution in [-0.2, 0) is 4.74 Å². The number of nitrogens with zero attached hydrogens (tertiary/aromatic N) is 1. The number of rotatable bonds is 5. The second-order valence-electron chi connectivity index (χ2n) is 5.16. The Labute approximate surface area is 111 Å². The first-order valence-corrected chi connectivity index (χ1v) is 7.75. The molecule has 0 saturated carbocycles. The average molecular weight is 280 g/mol. The molecule has 2 fully saturated rings. The van der Waals surface area contributed by atoms with Crippen LogP contribution in [0.25, 0.3) is 0 Å². The van der Waals surface area contributed by atoms with Gasteiger partial charge >= 0.3 is 0 Å². The van der Waals surface area contributed by atoms with Crippen molar-refractivity contribution < 1.29 is 13.5 Å². The summed E-state index contributed by atoms with van der Waals surface area (Å²) in [6, 6.07) is 0.204. The lowest BCUT2D eigenvalue weighted by Crippen LogP contribution is -2.51. The predicted octanol–water partition coefficient (Wildman–Crippen LogP) is 1.57. The first-order chi connectivity index (χ1) is 8.65. The lowest BCUT2D eigenvalue weighted by molar-refractivity contribution is -0.0942. The molecule has 2 heterocycles. The first kappa shape index (κ1) is 14.5. The van der Waals surface area contributed by atoms with Crippen molar-refractivity contribution in [2.45, 2.75) is 37.3 Å². The van der Waals surface area contributed by atoms with Crippen molar-refractivity contribution in [3.63, 3.8) is 0 Å². The highest BCUT2D eigenvalue weighted by atomic mass is 32.2. The standard InChI is InChI=1S/C12H22F2N2OS/c13-11(14)8-16(4-3-15)10-1-5-17-12(7-10)2-6-18-9-12/h10-11H,1-9,15H2. The van der Waals surface area contributed by atoms with E-state index in [4.69, 9.17) is 10.5 Å². The summed E-state index contributed by atoms with van der Waals surface area (Å²) in [5.74, 6) is 2.13. The average Bonchev–Trinajstić information content (AvgIpc) is 2.76. The van der Waals surface area contributed by atoms with Crippen molar-refractivity contribution in [2.75, 3.05) is 37.7 Å². The van der Waals surface area contributed by atoms with Gasteiger partial charge in [-0.25, -0.2) is 8.78 Å². The van der Waals surface area contributed by atoms with E-state index in [1.807, 2.05) is 16.7 Å². The summed E-state index contributed by atoms with van der Waals surface area (Å²) in [5, 5.41) is 0. The normalized spacial score (nSPS) is 32.8. The van der Waals surface area contributed by atoms with E-state index in [2.05, 4.69) is 0 Å². The number of hydrogen-bond donors (Lipinski definition) is 1. The van der Waals surface area contributed by atoms with Crippen LogP contribution in [0, 0.1) is 0 Å². The number of halogens is 2. The molecule has 0 aromatic heterocycles. The second-order valence-corrected chi connectivity index (χ2v) is 6.26. The largest absolute Gasteiger partial charge is 0.374 e. The highest BCUT2D eigenvalue weighted by Crippen LogP contribution is 2.39. The van der Waals surface area contributed by atoms with Gasteiger partial charge in [0.2, 0.25) is 0 Å². The van der Waals surface area contributed by atoms with Crippen LogP contribution in [0.3, 0.4) is 0 Å². The van der Waals surface area contributed by atoms with E-state index < -0.39 is 6.43 Å². The number of alkyl halides is 2. The number of thioether (sulfide) groups is 1. The lowest BCUT2D eigenvalue weighted by Gasteiger charge is -2.42. The van der Waals surface area contributed by atoms with Gasteiger partial charge in [0.05, 0.1) is 12.1 Å². The molecule has 1 spiro atoms. The zero-order valence-corrected chi connectivity index (χ0v) is 11.4. The van der Waals surface area contributed by atoms with Crippen LogP contribution < -0.4 is 5.73 Å². The van der Waals surface area contributed by atoms with Gasteiger partial charge in [0.15, 0.2) is 0 Å². The highest BCUT2D eigenvalue weighted by molar-refractivity contribution is 7.99. The summed E-state index contributed by atoms with van der Waals surface area (Å²) in [6.07, 6.45) is 0.499. The Bertz CT molecular complexity index is 262. The Balaban J connectivity index is 1.96. The van der Waals surface area contributed by atoms with Crippen molar-refractivity contribution in [3.05, 3.63) is 0 Å². The Hall–Kier alpha value is 0.0900. The van der Waals surface area contributed by atoms with Gasteiger partial charge in [-0.1, -0.05) is 0 Å². The quantitative estimate of drug-likeness (QED) is 0.829. The molecule has 0 amide bonds. The van der Waals surface area contributed by atoms with Gasteiger partial charge in [0.25, 0.3) is 6.43 Å². The maximum atomic E-state index is 12.6. The van der Waals surface area contributed by atoms with E-state index in [1.54, 1.807) is 0 Å². The molecule has 2 N–H and O–H groups in total. The van der Waals surface area contributed by atoms with Crippen LogP contribution >= 0.6 is 11.8 Å². The summed E-state index contributed by atoms with van der Waals surface area (Å²) < 4.78 is 31.2. The fraction of sp³-hybridized carbons (Fsp3) is 1.00. The summed E-state index contributed by atoms with van der Waals surface area (Å²) in [5.41, 5.74) is 5.48. The fourth-order valence-electron chi connectivity index (χ4n) is 2.94. The van der Waals surface area contributed by atoms with E-state index in [1.165, 1.54) is 0 Å². The molecule has 2 rings (SSSR count). The molecule has 2 atom stereocenters. The van der Waals surface area contributed by atoms with Gasteiger partial charge in [-0.2, -0.15) is 11.8 Å². The molecular weight excluding hydrogens is 258 g/mol. The molecule has 0 bridgehead atoms. The number of nitrogens with two attached hydrogens (primary N) is 1. The molecule has 0 radical (unpaired) electrons. The first-order valence-electron chi connectivity index (χ1n) is 6.59. The van der Waals surface area contributed by atoms with Crippen molar-refractivity contribution in [2.24, 2.45) is 5.73 Å². The highest BCUT2D eigenvalue weighted by Gasteiger charge is 2.42. The minimum atomic E-state index is -2.28. The summed E-state index contributed by atoms with van der Waals surface area (Å²) in [4.78, 5) is 1.86. The van der Waals surface area contributed by atoms with Crippen LogP contribution in [-0.4, -0.2) is 60.7 Å². The Morgan fingerprint density at radius 3 is 2.94 bits per heavy atom. The summed E-state index contributed by atoms with van der Waals surface area (Å²) >= 11 is 1.90. The van der Waals surface area contributed by atoms with Gasteiger partial charge in [-0.15, -0.1) is 0 Å². The lowest BCUT2D eigenvalue weighted by atomic mass is 9.89. The molecule has 2 unspecified atom stereocenters. The van der Waals surface area contributed by atoms with Gasteiger partial charge < -0.3 is 10.5 Å². The van der Waals surface area contributed by atoms with Gasteiger partial charge in [0, 0.05) is 31.5 Å². The minimum Gasteiger partial charge on any atom is -0.374 e. The molecule has 106 valence electrons.